The summed E-state index contributed by atoms with van der Waals surface area (Å²) in [6.45, 7) is 11.7. The molecule has 0 aromatic carbocycles. The third-order valence-corrected chi connectivity index (χ3v) is 2.81. The fourth-order valence-corrected chi connectivity index (χ4v) is 2.12. The number of fused-ring (bicyclic) bond motifs is 1. The zero-order chi connectivity index (χ0) is 11.7. The second-order valence-electron chi connectivity index (χ2n) is 3.73. The summed E-state index contributed by atoms with van der Waals surface area (Å²) in [6, 6.07) is 1.97. The molecule has 2 rings (SSSR count). The van der Waals surface area contributed by atoms with Gasteiger partial charge in [-0.3, -0.25) is 9.98 Å². The van der Waals surface area contributed by atoms with E-state index in [9.17, 15) is 0 Å². The van der Waals surface area contributed by atoms with E-state index in [2.05, 4.69) is 36.3 Å². The molecule has 1 aromatic heterocycles. The van der Waals surface area contributed by atoms with E-state index in [0.29, 0.717) is 0 Å². The SMILES string of the molecule is C=NC1=C(/C=C\C)C(C)=c2c1ccnc2=C. The molecule has 0 aliphatic heterocycles. The van der Waals surface area contributed by atoms with E-state index < -0.39 is 0 Å². The van der Waals surface area contributed by atoms with Gasteiger partial charge < -0.3 is 0 Å². The van der Waals surface area contributed by atoms with E-state index >= 15 is 0 Å². The molecule has 0 saturated carbocycles. The molecule has 16 heavy (non-hydrogen) atoms. The van der Waals surface area contributed by atoms with Gasteiger partial charge in [-0.1, -0.05) is 18.7 Å². The number of pyridine rings is 1. The number of nitrogens with zero attached hydrogens (tertiary/aromatic N) is 2. The minimum Gasteiger partial charge on any atom is -0.263 e. The Morgan fingerprint density at radius 1 is 1.44 bits per heavy atom. The number of rotatable bonds is 2. The highest BCUT2D eigenvalue weighted by Gasteiger charge is 2.18. The van der Waals surface area contributed by atoms with Gasteiger partial charge in [0.25, 0.3) is 0 Å². The molecule has 0 radical (unpaired) electrons. The van der Waals surface area contributed by atoms with Crippen molar-refractivity contribution in [1.29, 1.82) is 0 Å². The molecule has 0 saturated heterocycles. The van der Waals surface area contributed by atoms with Crippen LogP contribution in [0.15, 0.2) is 35.0 Å². The molecule has 1 aromatic rings. The Bertz CT molecular complexity index is 619. The van der Waals surface area contributed by atoms with Crippen molar-refractivity contribution >= 4 is 24.6 Å². The highest BCUT2D eigenvalue weighted by atomic mass is 14.7. The molecule has 0 bridgehead atoms. The average Bonchev–Trinajstić information content (AvgIpc) is 2.54. The van der Waals surface area contributed by atoms with Crippen molar-refractivity contribution in [2.24, 2.45) is 4.99 Å². The summed E-state index contributed by atoms with van der Waals surface area (Å²) in [6.07, 6.45) is 5.82. The summed E-state index contributed by atoms with van der Waals surface area (Å²) < 4.78 is 0. The molecule has 2 heteroatoms. The first-order chi connectivity index (χ1) is 7.70. The Labute approximate surface area is 95.1 Å². The minimum atomic E-state index is 0.802. The van der Waals surface area contributed by atoms with Gasteiger partial charge >= 0.3 is 0 Å². The monoisotopic (exact) mass is 210 g/mol. The molecule has 80 valence electrons. The first-order valence-corrected chi connectivity index (χ1v) is 5.20. The number of hydrogen-bond acceptors (Lipinski definition) is 2. The van der Waals surface area contributed by atoms with Gasteiger partial charge in [0.2, 0.25) is 0 Å². The minimum absolute atomic E-state index is 0.802. The van der Waals surface area contributed by atoms with Crippen LogP contribution < -0.4 is 10.6 Å². The molecule has 0 amide bonds. The van der Waals surface area contributed by atoms with Crippen LogP contribution in [0.1, 0.15) is 19.4 Å². The molecule has 0 spiro atoms. The van der Waals surface area contributed by atoms with Gasteiger partial charge in [-0.05, 0) is 32.2 Å². The van der Waals surface area contributed by atoms with Crippen LogP contribution >= 0.6 is 0 Å². The fourth-order valence-electron chi connectivity index (χ4n) is 2.12. The first-order valence-electron chi connectivity index (χ1n) is 5.20. The summed E-state index contributed by atoms with van der Waals surface area (Å²) in [5.74, 6) is 0. The van der Waals surface area contributed by atoms with Gasteiger partial charge in [-0.2, -0.15) is 0 Å². The Morgan fingerprint density at radius 3 is 2.81 bits per heavy atom. The van der Waals surface area contributed by atoms with Gasteiger partial charge in [-0.15, -0.1) is 0 Å². The molecular weight excluding hydrogens is 196 g/mol. The molecule has 0 fully saturated rings. The van der Waals surface area contributed by atoms with Gasteiger partial charge in [0, 0.05) is 22.6 Å². The Hall–Kier alpha value is -1.96. The van der Waals surface area contributed by atoms with Crippen LogP contribution in [-0.4, -0.2) is 11.7 Å². The maximum absolute atomic E-state index is 4.22. The second-order valence-corrected chi connectivity index (χ2v) is 3.73. The van der Waals surface area contributed by atoms with Crippen molar-refractivity contribution in [3.05, 3.63) is 46.1 Å². The molecule has 0 atom stereocenters. The van der Waals surface area contributed by atoms with Crippen molar-refractivity contribution in [1.82, 2.24) is 4.98 Å². The van der Waals surface area contributed by atoms with Crippen LogP contribution in [0.3, 0.4) is 0 Å². The fraction of sp³-hybridized carbons (Fsp3) is 0.143. The lowest BCUT2D eigenvalue weighted by molar-refractivity contribution is 1.21. The third kappa shape index (κ3) is 1.34. The smallest absolute Gasteiger partial charge is 0.0777 e. The predicted octanol–water partition coefficient (Wildman–Crippen LogP) is 1.66. The number of hydrogen-bond donors (Lipinski definition) is 0. The third-order valence-electron chi connectivity index (χ3n) is 2.81. The van der Waals surface area contributed by atoms with Gasteiger partial charge in [-0.25, -0.2) is 0 Å². The quantitative estimate of drug-likeness (QED) is 0.682. The van der Waals surface area contributed by atoms with E-state index in [0.717, 1.165) is 27.4 Å². The average molecular weight is 210 g/mol. The van der Waals surface area contributed by atoms with Crippen LogP contribution in [0, 0.1) is 0 Å². The van der Waals surface area contributed by atoms with Crippen LogP contribution in [0.5, 0.6) is 0 Å². The maximum atomic E-state index is 4.22. The van der Waals surface area contributed by atoms with Crippen molar-refractivity contribution in [3.8, 4) is 0 Å². The molecule has 1 aliphatic carbocycles. The zero-order valence-electron chi connectivity index (χ0n) is 9.62. The predicted molar refractivity (Wildman–Crippen MR) is 69.4 cm³/mol. The summed E-state index contributed by atoms with van der Waals surface area (Å²) in [5, 5.41) is 1.90. The number of aromatic nitrogens is 1. The lowest BCUT2D eigenvalue weighted by atomic mass is 10.1. The largest absolute Gasteiger partial charge is 0.263 e. The highest BCUT2D eigenvalue weighted by Crippen LogP contribution is 2.28. The van der Waals surface area contributed by atoms with Crippen molar-refractivity contribution in [2.75, 3.05) is 0 Å². The van der Waals surface area contributed by atoms with E-state index in [1.165, 1.54) is 5.57 Å². The molecule has 1 heterocycles. The summed E-state index contributed by atoms with van der Waals surface area (Å²) in [7, 11) is 0. The normalized spacial score (nSPS) is 14.8. The maximum Gasteiger partial charge on any atom is 0.0777 e. The summed E-state index contributed by atoms with van der Waals surface area (Å²) in [4.78, 5) is 8.34. The van der Waals surface area contributed by atoms with Crippen LogP contribution in [0.2, 0.25) is 0 Å². The molecule has 2 nitrogen and oxygen atoms in total. The lowest BCUT2D eigenvalue weighted by Crippen LogP contribution is -2.29. The van der Waals surface area contributed by atoms with Gasteiger partial charge in [0.1, 0.15) is 0 Å². The topological polar surface area (TPSA) is 25.2 Å². The molecule has 0 unspecified atom stereocenters. The van der Waals surface area contributed by atoms with Crippen molar-refractivity contribution < 1.29 is 0 Å². The van der Waals surface area contributed by atoms with Crippen LogP contribution in [-0.2, 0) is 0 Å². The number of aliphatic imine (C=N–C) groups is 1. The standard InChI is InChI=1S/C14H14N2/c1-5-6-11-9(2)13-10(3)16-8-7-12(13)14(11)15-4/h5-8H,3-4H2,1-2H3/b6-5-. The second kappa shape index (κ2) is 3.89. The Balaban J connectivity index is 2.89. The van der Waals surface area contributed by atoms with Crippen LogP contribution in [0.4, 0.5) is 0 Å². The lowest BCUT2D eigenvalue weighted by Gasteiger charge is -1.99. The zero-order valence-corrected chi connectivity index (χ0v) is 9.62. The van der Waals surface area contributed by atoms with Crippen LogP contribution in [0.25, 0.3) is 17.8 Å². The summed E-state index contributed by atoms with van der Waals surface area (Å²) in [5.41, 5.74) is 4.30. The van der Waals surface area contributed by atoms with Gasteiger partial charge in [0.15, 0.2) is 0 Å². The van der Waals surface area contributed by atoms with Gasteiger partial charge in [0.05, 0.1) is 11.0 Å². The highest BCUT2D eigenvalue weighted by molar-refractivity contribution is 5.91. The molecule has 1 aliphatic rings. The Morgan fingerprint density at radius 2 is 2.19 bits per heavy atom. The summed E-state index contributed by atoms with van der Waals surface area (Å²) >= 11 is 0. The molecule has 0 N–H and O–H groups in total. The number of allylic oxidation sites excluding steroid dienone is 3. The molecular formula is C14H14N2. The van der Waals surface area contributed by atoms with E-state index in [-0.39, 0.29) is 0 Å². The van der Waals surface area contributed by atoms with E-state index in [1.54, 1.807) is 6.20 Å². The van der Waals surface area contributed by atoms with E-state index in [1.807, 2.05) is 19.1 Å². The van der Waals surface area contributed by atoms with E-state index in [4.69, 9.17) is 0 Å². The van der Waals surface area contributed by atoms with Crippen molar-refractivity contribution in [3.63, 3.8) is 0 Å². The Kier molecular flexibility index (Phi) is 2.57. The first kappa shape index (κ1) is 10.6. The van der Waals surface area contributed by atoms with Crippen molar-refractivity contribution in [2.45, 2.75) is 13.8 Å².